The normalized spacial score (nSPS) is 14.6. The number of aromatic amines is 1. The predicted octanol–water partition coefficient (Wildman–Crippen LogP) is 2.55. The second-order valence-electron chi connectivity index (χ2n) is 4.46. The first-order valence-corrected chi connectivity index (χ1v) is 7.10. The van der Waals surface area contributed by atoms with E-state index in [0.717, 1.165) is 18.7 Å². The van der Waals surface area contributed by atoms with Crippen molar-refractivity contribution in [3.8, 4) is 0 Å². The first kappa shape index (κ1) is 12.6. The third kappa shape index (κ3) is 3.13. The van der Waals surface area contributed by atoms with Gasteiger partial charge in [-0.25, -0.2) is 15.0 Å². The Hall–Kier alpha value is -1.40. The van der Waals surface area contributed by atoms with Gasteiger partial charge in [0.05, 0.1) is 0 Å². The van der Waals surface area contributed by atoms with Crippen LogP contribution in [0.15, 0.2) is 27.1 Å². The van der Waals surface area contributed by atoms with Crippen molar-refractivity contribution in [2.45, 2.75) is 35.9 Å². The summed E-state index contributed by atoms with van der Waals surface area (Å²) in [5, 5.41) is 1.64. The molecule has 5 nitrogen and oxygen atoms in total. The molecule has 98 valence electrons. The van der Waals surface area contributed by atoms with Crippen LogP contribution >= 0.6 is 23.4 Å². The molecule has 0 saturated heterocycles. The van der Waals surface area contributed by atoms with Gasteiger partial charge in [0.2, 0.25) is 0 Å². The van der Waals surface area contributed by atoms with Gasteiger partial charge in [0.15, 0.2) is 5.16 Å². The summed E-state index contributed by atoms with van der Waals surface area (Å²) < 4.78 is 0. The molecule has 0 aliphatic heterocycles. The van der Waals surface area contributed by atoms with Gasteiger partial charge in [0.1, 0.15) is 16.0 Å². The zero-order valence-corrected chi connectivity index (χ0v) is 11.8. The van der Waals surface area contributed by atoms with Crippen LogP contribution in [0.5, 0.6) is 0 Å². The fourth-order valence-electron chi connectivity index (χ4n) is 1.69. The Morgan fingerprint density at radius 1 is 1.32 bits per heavy atom. The summed E-state index contributed by atoms with van der Waals surface area (Å²) in [5.74, 6) is 1.22. The summed E-state index contributed by atoms with van der Waals surface area (Å²) in [6.45, 7) is 1.78. The average Bonchev–Trinajstić information content (AvgIpc) is 3.09. The molecule has 7 heteroatoms. The topological polar surface area (TPSA) is 71.5 Å². The van der Waals surface area contributed by atoms with E-state index in [1.54, 1.807) is 13.0 Å². The molecule has 1 fully saturated rings. The van der Waals surface area contributed by atoms with E-state index < -0.39 is 0 Å². The third-order valence-electron chi connectivity index (χ3n) is 2.68. The fourth-order valence-corrected chi connectivity index (χ4v) is 2.79. The Bertz CT molecular complexity index is 684. The number of hydrogen-bond donors (Lipinski definition) is 1. The van der Waals surface area contributed by atoms with Crippen LogP contribution in [0.2, 0.25) is 5.15 Å². The number of H-pyrrole nitrogens is 1. The van der Waals surface area contributed by atoms with Crippen LogP contribution in [-0.4, -0.2) is 19.9 Å². The number of hydrogen-bond acceptors (Lipinski definition) is 5. The standard InChI is InChI=1S/C12H11ClN4OS/c1-6-4-9(18)16-12(14-6)19-10-5-8(13)15-11(17-10)7-2-3-7/h4-5,7H,2-3H2,1H3,(H,14,16,18). The zero-order valence-electron chi connectivity index (χ0n) is 10.2. The Morgan fingerprint density at radius 3 is 2.79 bits per heavy atom. The van der Waals surface area contributed by atoms with Crippen LogP contribution in [0.4, 0.5) is 0 Å². The highest BCUT2D eigenvalue weighted by atomic mass is 35.5. The van der Waals surface area contributed by atoms with Crippen molar-refractivity contribution >= 4 is 23.4 Å². The molecular weight excluding hydrogens is 284 g/mol. The van der Waals surface area contributed by atoms with Crippen molar-refractivity contribution in [2.75, 3.05) is 0 Å². The average molecular weight is 295 g/mol. The number of aromatic nitrogens is 4. The quantitative estimate of drug-likeness (QED) is 0.696. The summed E-state index contributed by atoms with van der Waals surface area (Å²) in [5.41, 5.74) is 0.506. The van der Waals surface area contributed by atoms with E-state index in [9.17, 15) is 4.79 Å². The number of rotatable bonds is 3. The fraction of sp³-hybridized carbons (Fsp3) is 0.333. The smallest absolute Gasteiger partial charge is 0.251 e. The molecule has 0 atom stereocenters. The first-order chi connectivity index (χ1) is 9.10. The van der Waals surface area contributed by atoms with Crippen LogP contribution < -0.4 is 5.56 Å². The maximum atomic E-state index is 11.4. The van der Waals surface area contributed by atoms with Crippen LogP contribution in [0.1, 0.15) is 30.3 Å². The number of nitrogens with one attached hydrogen (secondary N) is 1. The van der Waals surface area contributed by atoms with E-state index in [-0.39, 0.29) is 5.56 Å². The van der Waals surface area contributed by atoms with Gasteiger partial charge in [0, 0.05) is 23.7 Å². The third-order valence-corrected chi connectivity index (χ3v) is 3.68. The molecule has 2 heterocycles. The highest BCUT2D eigenvalue weighted by Crippen LogP contribution is 2.39. The van der Waals surface area contributed by atoms with E-state index in [1.807, 2.05) is 0 Å². The lowest BCUT2D eigenvalue weighted by molar-refractivity contribution is 0.866. The van der Waals surface area contributed by atoms with Crippen molar-refractivity contribution < 1.29 is 0 Å². The van der Waals surface area contributed by atoms with Gasteiger partial charge < -0.3 is 4.98 Å². The molecule has 0 spiro atoms. The van der Waals surface area contributed by atoms with E-state index in [2.05, 4.69) is 19.9 Å². The van der Waals surface area contributed by atoms with Crippen LogP contribution in [0.25, 0.3) is 0 Å². The lowest BCUT2D eigenvalue weighted by Gasteiger charge is -2.04. The molecule has 19 heavy (non-hydrogen) atoms. The summed E-state index contributed by atoms with van der Waals surface area (Å²) in [6, 6.07) is 3.13. The van der Waals surface area contributed by atoms with Crippen molar-refractivity contribution in [3.63, 3.8) is 0 Å². The van der Waals surface area contributed by atoms with Gasteiger partial charge in [-0.3, -0.25) is 4.79 Å². The molecule has 2 aromatic rings. The minimum atomic E-state index is -0.169. The highest BCUT2D eigenvalue weighted by Gasteiger charge is 2.27. The number of aryl methyl sites for hydroxylation is 1. The minimum Gasteiger partial charge on any atom is -0.301 e. The molecular formula is C12H11ClN4OS. The predicted molar refractivity (Wildman–Crippen MR) is 72.7 cm³/mol. The molecule has 0 bridgehead atoms. The monoisotopic (exact) mass is 294 g/mol. The molecule has 0 unspecified atom stereocenters. The van der Waals surface area contributed by atoms with E-state index in [1.165, 1.54) is 17.8 Å². The van der Waals surface area contributed by atoms with Crippen molar-refractivity contribution in [1.29, 1.82) is 0 Å². The van der Waals surface area contributed by atoms with Gasteiger partial charge >= 0.3 is 0 Å². The van der Waals surface area contributed by atoms with Crippen molar-refractivity contribution in [3.05, 3.63) is 39.2 Å². The summed E-state index contributed by atoms with van der Waals surface area (Å²) in [6.07, 6.45) is 2.23. The van der Waals surface area contributed by atoms with Crippen molar-refractivity contribution in [1.82, 2.24) is 19.9 Å². The van der Waals surface area contributed by atoms with E-state index >= 15 is 0 Å². The Labute approximate surface area is 118 Å². The molecule has 0 aromatic carbocycles. The van der Waals surface area contributed by atoms with E-state index in [4.69, 9.17) is 11.6 Å². The van der Waals surface area contributed by atoms with Crippen LogP contribution in [0.3, 0.4) is 0 Å². The van der Waals surface area contributed by atoms with Crippen LogP contribution in [0, 0.1) is 6.92 Å². The number of nitrogens with zero attached hydrogens (tertiary/aromatic N) is 3. The van der Waals surface area contributed by atoms with Gasteiger partial charge in [-0.15, -0.1) is 0 Å². The van der Waals surface area contributed by atoms with Gasteiger partial charge in [-0.1, -0.05) is 11.6 Å². The van der Waals surface area contributed by atoms with Crippen molar-refractivity contribution in [2.24, 2.45) is 0 Å². The molecule has 0 radical (unpaired) electrons. The lowest BCUT2D eigenvalue weighted by atomic mass is 10.4. The Kier molecular flexibility index (Phi) is 3.28. The minimum absolute atomic E-state index is 0.169. The largest absolute Gasteiger partial charge is 0.301 e. The Balaban J connectivity index is 1.91. The maximum Gasteiger partial charge on any atom is 0.251 e. The van der Waals surface area contributed by atoms with Gasteiger partial charge in [-0.2, -0.15) is 0 Å². The maximum absolute atomic E-state index is 11.4. The molecule has 1 aliphatic rings. The molecule has 1 aliphatic carbocycles. The summed E-state index contributed by atoms with van der Waals surface area (Å²) >= 11 is 7.28. The summed E-state index contributed by atoms with van der Waals surface area (Å²) in [4.78, 5) is 27.0. The molecule has 2 aromatic heterocycles. The second-order valence-corrected chi connectivity index (χ2v) is 5.85. The molecule has 1 N–H and O–H groups in total. The highest BCUT2D eigenvalue weighted by molar-refractivity contribution is 7.99. The zero-order chi connectivity index (χ0) is 13.4. The number of halogens is 1. The first-order valence-electron chi connectivity index (χ1n) is 5.90. The molecule has 3 rings (SSSR count). The molecule has 0 amide bonds. The lowest BCUT2D eigenvalue weighted by Crippen LogP contribution is -2.08. The van der Waals surface area contributed by atoms with Crippen LogP contribution in [-0.2, 0) is 0 Å². The molecule has 1 saturated carbocycles. The SMILES string of the molecule is Cc1cc(=O)[nH]c(Sc2cc(Cl)nc(C3CC3)n2)n1. The second kappa shape index (κ2) is 4.94. The van der Waals surface area contributed by atoms with Gasteiger partial charge in [-0.05, 0) is 31.5 Å². The summed E-state index contributed by atoms with van der Waals surface area (Å²) in [7, 11) is 0. The Morgan fingerprint density at radius 2 is 2.11 bits per heavy atom. The van der Waals surface area contributed by atoms with Gasteiger partial charge in [0.25, 0.3) is 5.56 Å². The van der Waals surface area contributed by atoms with E-state index in [0.29, 0.717) is 26.9 Å².